The fourth-order valence-electron chi connectivity index (χ4n) is 4.04. The molecule has 6 rings (SSSR count). The summed E-state index contributed by atoms with van der Waals surface area (Å²) in [5.41, 5.74) is 7.98. The molecule has 0 fully saturated rings. The summed E-state index contributed by atoms with van der Waals surface area (Å²) in [7, 11) is 6.26. The van der Waals surface area contributed by atoms with E-state index in [1.165, 1.54) is 27.6 Å². The van der Waals surface area contributed by atoms with Crippen molar-refractivity contribution in [3.05, 3.63) is 60.4 Å². The zero-order valence-electron chi connectivity index (χ0n) is 12.3. The number of pyridine rings is 3. The summed E-state index contributed by atoms with van der Waals surface area (Å²) >= 11 is 0. The molecule has 1 aliphatic heterocycles. The highest BCUT2D eigenvalue weighted by Gasteiger charge is 2.34. The zero-order chi connectivity index (χ0) is 15.1. The smallest absolute Gasteiger partial charge is 0.284 e. The van der Waals surface area contributed by atoms with Crippen molar-refractivity contribution in [2.24, 2.45) is 0 Å². The highest BCUT2D eigenvalue weighted by Crippen LogP contribution is 2.33. The second kappa shape index (κ2) is 3.69. The van der Waals surface area contributed by atoms with E-state index >= 15 is 0 Å². The van der Waals surface area contributed by atoms with Gasteiger partial charge in [0, 0.05) is 17.8 Å². The average Bonchev–Trinajstić information content (AvgIpc) is 3.12. The molecule has 5 heterocycles. The van der Waals surface area contributed by atoms with Crippen LogP contribution in [0.3, 0.4) is 0 Å². The number of fused-ring (bicyclic) bond motifs is 6. The van der Waals surface area contributed by atoms with Crippen molar-refractivity contribution < 1.29 is 9.05 Å². The Bertz CT molecular complexity index is 1300. The fourth-order valence-corrected chi connectivity index (χ4v) is 4.04. The Balaban J connectivity index is 2.13. The van der Waals surface area contributed by atoms with E-state index in [0.717, 1.165) is 23.1 Å². The molecule has 2 radical (unpaired) electrons. The number of rotatable bonds is 0. The van der Waals surface area contributed by atoms with Gasteiger partial charge in [0.2, 0.25) is 5.52 Å². The average molecular weight is 294 g/mol. The van der Waals surface area contributed by atoms with Crippen LogP contribution in [0.1, 0.15) is 5.56 Å². The lowest BCUT2D eigenvalue weighted by Crippen LogP contribution is -2.32. The van der Waals surface area contributed by atoms with Gasteiger partial charge in [0.05, 0.1) is 0 Å². The first kappa shape index (κ1) is 11.6. The quantitative estimate of drug-likeness (QED) is 0.238. The lowest BCUT2D eigenvalue weighted by Gasteiger charge is -2.02. The van der Waals surface area contributed by atoms with E-state index in [0.29, 0.717) is 0 Å². The Morgan fingerprint density at radius 3 is 2.87 bits per heavy atom. The van der Waals surface area contributed by atoms with Crippen molar-refractivity contribution in [1.29, 1.82) is 0 Å². The molecule has 0 atom stereocenters. The number of aromatic nitrogens is 4. The standard InChI is InChI=1S/C18H11BN4/c19-22-9-7-11-10-21-12-4-1-2-5-13(12)23-14-6-3-8-20-16(14)17(22)15(11)18(21)23/h1-9H,10H2/q+2. The van der Waals surface area contributed by atoms with E-state index in [9.17, 15) is 0 Å². The third kappa shape index (κ3) is 1.20. The summed E-state index contributed by atoms with van der Waals surface area (Å²) < 4.78 is 6.39. The summed E-state index contributed by atoms with van der Waals surface area (Å²) in [5, 5.41) is 1.21. The lowest BCUT2D eigenvalue weighted by atomic mass is 10.1. The minimum absolute atomic E-state index is 0.875. The third-order valence-corrected chi connectivity index (χ3v) is 4.94. The molecule has 104 valence electrons. The highest BCUT2D eigenvalue weighted by molar-refractivity contribution is 6.11. The second-order valence-electron chi connectivity index (χ2n) is 6.08. The SMILES string of the molecule is [B][n+]1ccc2c3c1c1ncccc1n1c4ccccc4[n+](c31)C2. The van der Waals surface area contributed by atoms with Crippen LogP contribution in [0.25, 0.3) is 38.6 Å². The molecule has 23 heavy (non-hydrogen) atoms. The van der Waals surface area contributed by atoms with Gasteiger partial charge in [-0.05, 0) is 24.3 Å². The summed E-state index contributed by atoms with van der Waals surface area (Å²) in [6.07, 6.45) is 3.76. The van der Waals surface area contributed by atoms with Crippen LogP contribution in [0.5, 0.6) is 0 Å². The molecule has 0 unspecified atom stereocenters. The molecule has 0 N–H and O–H groups in total. The Hall–Kier alpha value is -2.95. The predicted molar refractivity (Wildman–Crippen MR) is 88.4 cm³/mol. The topological polar surface area (TPSA) is 25.1 Å². The van der Waals surface area contributed by atoms with Gasteiger partial charge in [0.1, 0.15) is 18.1 Å². The van der Waals surface area contributed by atoms with Gasteiger partial charge in [-0.15, -0.1) is 0 Å². The molecule has 0 saturated heterocycles. The van der Waals surface area contributed by atoms with Gasteiger partial charge in [-0.2, -0.15) is 4.40 Å². The Morgan fingerprint density at radius 1 is 1.04 bits per heavy atom. The predicted octanol–water partition coefficient (Wildman–Crippen LogP) is 1.66. The normalized spacial score (nSPS) is 13.2. The highest BCUT2D eigenvalue weighted by atomic mass is 15.1. The van der Waals surface area contributed by atoms with E-state index < -0.39 is 0 Å². The first-order valence-corrected chi connectivity index (χ1v) is 7.66. The summed E-state index contributed by atoms with van der Waals surface area (Å²) in [6.45, 7) is 0.875. The molecule has 5 heteroatoms. The van der Waals surface area contributed by atoms with Gasteiger partial charge >= 0.3 is 13.6 Å². The van der Waals surface area contributed by atoms with Crippen molar-refractivity contribution >= 4 is 46.6 Å². The number of hydrogen-bond donors (Lipinski definition) is 0. The number of nitrogens with zero attached hydrogens (tertiary/aromatic N) is 4. The lowest BCUT2D eigenvalue weighted by molar-refractivity contribution is -0.631. The molecule has 1 aliphatic rings. The number of hydrogen-bond acceptors (Lipinski definition) is 1. The molecule has 0 spiro atoms. The number of benzene rings is 1. The van der Waals surface area contributed by atoms with Crippen molar-refractivity contribution in [1.82, 2.24) is 9.38 Å². The van der Waals surface area contributed by atoms with Gasteiger partial charge in [-0.3, -0.25) is 4.48 Å². The van der Waals surface area contributed by atoms with Crippen molar-refractivity contribution in [3.63, 3.8) is 0 Å². The Kier molecular flexibility index (Phi) is 1.86. The first-order valence-electron chi connectivity index (χ1n) is 7.66. The molecule has 0 bridgehead atoms. The third-order valence-electron chi connectivity index (χ3n) is 4.94. The van der Waals surface area contributed by atoms with Crippen molar-refractivity contribution in [2.45, 2.75) is 6.54 Å². The van der Waals surface area contributed by atoms with Crippen LogP contribution < -0.4 is 9.05 Å². The van der Waals surface area contributed by atoms with E-state index in [-0.39, 0.29) is 0 Å². The van der Waals surface area contributed by atoms with Crippen molar-refractivity contribution in [3.8, 4) is 0 Å². The van der Waals surface area contributed by atoms with Crippen LogP contribution in [0.2, 0.25) is 0 Å². The maximum atomic E-state index is 6.26. The largest absolute Gasteiger partial charge is 0.586 e. The van der Waals surface area contributed by atoms with Crippen LogP contribution in [0, 0.1) is 0 Å². The molecule has 1 aromatic carbocycles. The first-order chi connectivity index (χ1) is 11.3. The zero-order valence-corrected chi connectivity index (χ0v) is 12.3. The summed E-state index contributed by atoms with van der Waals surface area (Å²) in [6, 6.07) is 14.7. The van der Waals surface area contributed by atoms with Gasteiger partial charge < -0.3 is 0 Å². The van der Waals surface area contributed by atoms with E-state index in [2.05, 4.69) is 50.3 Å². The minimum Gasteiger partial charge on any atom is -0.284 e. The molecule has 0 aliphatic carbocycles. The monoisotopic (exact) mass is 294 g/mol. The van der Waals surface area contributed by atoms with Crippen molar-refractivity contribution in [2.75, 3.05) is 0 Å². The Morgan fingerprint density at radius 2 is 1.91 bits per heavy atom. The summed E-state index contributed by atoms with van der Waals surface area (Å²) in [5.74, 6) is 0. The molecule has 5 aromatic rings. The second-order valence-corrected chi connectivity index (χ2v) is 6.08. The number of para-hydroxylation sites is 2. The Labute approximate surface area is 132 Å². The van der Waals surface area contributed by atoms with E-state index in [1.54, 1.807) is 4.48 Å². The maximum Gasteiger partial charge on any atom is 0.586 e. The molecule has 0 amide bonds. The molecular formula is C18H11BN4+2. The van der Waals surface area contributed by atoms with Gasteiger partial charge in [0.15, 0.2) is 22.1 Å². The molecule has 4 aromatic heterocycles. The van der Waals surface area contributed by atoms with Crippen LogP contribution >= 0.6 is 0 Å². The van der Waals surface area contributed by atoms with Crippen LogP contribution in [-0.4, -0.2) is 17.4 Å². The molecule has 4 nitrogen and oxygen atoms in total. The van der Waals surface area contributed by atoms with E-state index in [4.69, 9.17) is 7.98 Å². The minimum atomic E-state index is 0.875. The maximum absolute atomic E-state index is 6.26. The number of imidazole rings is 1. The van der Waals surface area contributed by atoms with Gasteiger partial charge in [0.25, 0.3) is 0 Å². The van der Waals surface area contributed by atoms with E-state index in [1.807, 2.05) is 18.5 Å². The van der Waals surface area contributed by atoms with Gasteiger partial charge in [-0.1, -0.05) is 12.1 Å². The summed E-state index contributed by atoms with van der Waals surface area (Å²) in [4.78, 5) is 4.64. The molecule has 0 saturated carbocycles. The fraction of sp³-hybridized carbons (Fsp3) is 0.0556. The van der Waals surface area contributed by atoms with Crippen LogP contribution in [0.4, 0.5) is 0 Å². The van der Waals surface area contributed by atoms with Crippen LogP contribution in [0.15, 0.2) is 54.9 Å². The van der Waals surface area contributed by atoms with Crippen LogP contribution in [-0.2, 0) is 6.54 Å². The molecular weight excluding hydrogens is 283 g/mol. The van der Waals surface area contributed by atoms with Gasteiger partial charge in [-0.25, -0.2) is 9.55 Å².